The Morgan fingerprint density at radius 2 is 2.17 bits per heavy atom. The van der Waals surface area contributed by atoms with Gasteiger partial charge in [0, 0.05) is 13.1 Å². The molecule has 0 radical (unpaired) electrons. The van der Waals surface area contributed by atoms with Crippen molar-refractivity contribution in [1.29, 1.82) is 0 Å². The van der Waals surface area contributed by atoms with Crippen molar-refractivity contribution in [3.05, 3.63) is 47.3 Å². The fourth-order valence-electron chi connectivity index (χ4n) is 3.12. The highest BCUT2D eigenvalue weighted by atomic mass is 19.1. The number of hydrogen-bond donors (Lipinski definition) is 1. The molecule has 0 saturated carbocycles. The van der Waals surface area contributed by atoms with Crippen LogP contribution in [0.4, 0.5) is 4.39 Å². The summed E-state index contributed by atoms with van der Waals surface area (Å²) >= 11 is 0. The summed E-state index contributed by atoms with van der Waals surface area (Å²) in [5.74, 6) is 1.28. The van der Waals surface area contributed by atoms with Crippen LogP contribution in [0.2, 0.25) is 0 Å². The van der Waals surface area contributed by atoms with Crippen LogP contribution >= 0.6 is 0 Å². The number of nitrogens with one attached hydrogen (secondary N) is 1. The van der Waals surface area contributed by atoms with Crippen LogP contribution in [-0.4, -0.2) is 51.0 Å². The van der Waals surface area contributed by atoms with E-state index in [4.69, 9.17) is 0 Å². The van der Waals surface area contributed by atoms with E-state index >= 15 is 0 Å². The molecule has 7 heteroatoms. The van der Waals surface area contributed by atoms with E-state index in [-0.39, 0.29) is 17.8 Å². The van der Waals surface area contributed by atoms with Gasteiger partial charge in [-0.15, -0.1) is 0 Å². The predicted octanol–water partition coefficient (Wildman–Crippen LogP) is 2.05. The highest BCUT2D eigenvalue weighted by Crippen LogP contribution is 2.29. The SMILES string of the molecule is Cc1nc([C@@H]2CCCN2C(=O)CN(C)Cc2ccc(F)cc2)n[nH]1. The van der Waals surface area contributed by atoms with Gasteiger partial charge < -0.3 is 4.90 Å². The quantitative estimate of drug-likeness (QED) is 0.911. The molecule has 24 heavy (non-hydrogen) atoms. The van der Waals surface area contributed by atoms with E-state index in [2.05, 4.69) is 15.2 Å². The first-order chi connectivity index (χ1) is 11.5. The van der Waals surface area contributed by atoms with Gasteiger partial charge in [0.1, 0.15) is 11.6 Å². The van der Waals surface area contributed by atoms with Gasteiger partial charge in [0.05, 0.1) is 12.6 Å². The third-order valence-electron chi connectivity index (χ3n) is 4.26. The van der Waals surface area contributed by atoms with Crippen molar-refractivity contribution in [2.45, 2.75) is 32.4 Å². The van der Waals surface area contributed by atoms with Crippen LogP contribution in [0.3, 0.4) is 0 Å². The molecule has 2 heterocycles. The first-order valence-electron chi connectivity index (χ1n) is 8.14. The number of carbonyl (C=O) groups excluding carboxylic acids is 1. The number of amides is 1. The smallest absolute Gasteiger partial charge is 0.237 e. The fraction of sp³-hybridized carbons (Fsp3) is 0.471. The van der Waals surface area contributed by atoms with Gasteiger partial charge in [-0.1, -0.05) is 12.1 Å². The first-order valence-corrected chi connectivity index (χ1v) is 8.14. The number of halogens is 1. The van der Waals surface area contributed by atoms with E-state index in [1.54, 1.807) is 12.1 Å². The Bertz CT molecular complexity index is 699. The molecule has 1 atom stereocenters. The normalized spacial score (nSPS) is 17.7. The zero-order valence-corrected chi connectivity index (χ0v) is 14.0. The monoisotopic (exact) mass is 331 g/mol. The lowest BCUT2D eigenvalue weighted by Gasteiger charge is -2.25. The summed E-state index contributed by atoms with van der Waals surface area (Å²) in [7, 11) is 1.89. The first kappa shape index (κ1) is 16.6. The van der Waals surface area contributed by atoms with E-state index in [1.807, 2.05) is 23.8 Å². The number of benzene rings is 1. The maximum Gasteiger partial charge on any atom is 0.237 e. The van der Waals surface area contributed by atoms with E-state index in [0.717, 1.165) is 30.8 Å². The number of aryl methyl sites for hydroxylation is 1. The van der Waals surface area contributed by atoms with Crippen molar-refractivity contribution in [3.63, 3.8) is 0 Å². The van der Waals surface area contributed by atoms with E-state index in [0.29, 0.717) is 18.9 Å². The summed E-state index contributed by atoms with van der Waals surface area (Å²) in [4.78, 5) is 20.8. The molecule has 6 nitrogen and oxygen atoms in total. The number of H-pyrrole nitrogens is 1. The second-order valence-corrected chi connectivity index (χ2v) is 6.32. The van der Waals surface area contributed by atoms with Crippen LogP contribution in [0.1, 0.15) is 36.1 Å². The number of likely N-dealkylation sites (N-methyl/N-ethyl adjacent to an activating group) is 1. The van der Waals surface area contributed by atoms with Crippen LogP contribution < -0.4 is 0 Å². The molecule has 0 bridgehead atoms. The number of aromatic amines is 1. The Balaban J connectivity index is 1.60. The van der Waals surface area contributed by atoms with Crippen molar-refractivity contribution in [1.82, 2.24) is 25.0 Å². The lowest BCUT2D eigenvalue weighted by atomic mass is 10.2. The maximum absolute atomic E-state index is 13.0. The number of likely N-dealkylation sites (tertiary alicyclic amines) is 1. The molecule has 3 rings (SSSR count). The summed E-state index contributed by atoms with van der Waals surface area (Å²) in [6.45, 7) is 3.51. The zero-order chi connectivity index (χ0) is 17.1. The van der Waals surface area contributed by atoms with Gasteiger partial charge in [0.25, 0.3) is 0 Å². The van der Waals surface area contributed by atoms with Gasteiger partial charge in [-0.2, -0.15) is 5.10 Å². The maximum atomic E-state index is 13.0. The molecule has 1 saturated heterocycles. The fourth-order valence-corrected chi connectivity index (χ4v) is 3.12. The predicted molar refractivity (Wildman–Crippen MR) is 87.5 cm³/mol. The van der Waals surface area contributed by atoms with Gasteiger partial charge in [0.2, 0.25) is 5.91 Å². The van der Waals surface area contributed by atoms with Crippen molar-refractivity contribution >= 4 is 5.91 Å². The molecule has 1 aromatic heterocycles. The van der Waals surface area contributed by atoms with Crippen molar-refractivity contribution in [2.75, 3.05) is 20.1 Å². The number of rotatable bonds is 5. The average molecular weight is 331 g/mol. The topological polar surface area (TPSA) is 65.1 Å². The largest absolute Gasteiger partial charge is 0.331 e. The Morgan fingerprint density at radius 3 is 2.83 bits per heavy atom. The minimum atomic E-state index is -0.251. The molecule has 1 aliphatic rings. The summed E-state index contributed by atoms with van der Waals surface area (Å²) in [5, 5.41) is 7.05. The Hall–Kier alpha value is -2.28. The molecule has 2 aromatic rings. The molecule has 0 aliphatic carbocycles. The van der Waals surface area contributed by atoms with E-state index in [9.17, 15) is 9.18 Å². The zero-order valence-electron chi connectivity index (χ0n) is 14.0. The van der Waals surface area contributed by atoms with Gasteiger partial charge in [0.15, 0.2) is 5.82 Å². The third kappa shape index (κ3) is 3.79. The highest BCUT2D eigenvalue weighted by molar-refractivity contribution is 5.79. The number of aromatic nitrogens is 3. The minimum absolute atomic E-state index is 0.0401. The molecular weight excluding hydrogens is 309 g/mol. The van der Waals surface area contributed by atoms with Crippen LogP contribution in [0.5, 0.6) is 0 Å². The molecule has 0 unspecified atom stereocenters. The Labute approximate surface area is 140 Å². The molecule has 1 aliphatic heterocycles. The number of nitrogens with zero attached hydrogens (tertiary/aromatic N) is 4. The van der Waals surface area contributed by atoms with Crippen LogP contribution in [0.15, 0.2) is 24.3 Å². The lowest BCUT2D eigenvalue weighted by molar-refractivity contribution is -0.133. The molecule has 1 aromatic carbocycles. The molecule has 1 N–H and O–H groups in total. The average Bonchev–Trinajstić information content (AvgIpc) is 3.18. The molecule has 128 valence electrons. The van der Waals surface area contributed by atoms with Gasteiger partial charge in [-0.05, 0) is 44.5 Å². The number of hydrogen-bond acceptors (Lipinski definition) is 4. The Kier molecular flexibility index (Phi) is 4.89. The summed E-state index contributed by atoms with van der Waals surface area (Å²) in [6, 6.07) is 6.32. The lowest BCUT2D eigenvalue weighted by Crippen LogP contribution is -2.38. The molecule has 0 spiro atoms. The minimum Gasteiger partial charge on any atom is -0.331 e. The highest BCUT2D eigenvalue weighted by Gasteiger charge is 2.32. The van der Waals surface area contributed by atoms with Gasteiger partial charge >= 0.3 is 0 Å². The van der Waals surface area contributed by atoms with Crippen molar-refractivity contribution < 1.29 is 9.18 Å². The summed E-state index contributed by atoms with van der Waals surface area (Å²) in [6.07, 6.45) is 1.86. The van der Waals surface area contributed by atoms with Crippen LogP contribution in [0, 0.1) is 12.7 Å². The van der Waals surface area contributed by atoms with Crippen LogP contribution in [-0.2, 0) is 11.3 Å². The standard InChI is InChI=1S/C17H22FN5O/c1-12-19-17(21-20-12)15-4-3-9-23(15)16(24)11-22(2)10-13-5-7-14(18)8-6-13/h5-8,15H,3-4,9-11H2,1-2H3,(H,19,20,21)/t15-/m0/s1. The van der Waals surface area contributed by atoms with Crippen molar-refractivity contribution in [3.8, 4) is 0 Å². The van der Waals surface area contributed by atoms with Crippen molar-refractivity contribution in [2.24, 2.45) is 0 Å². The van der Waals surface area contributed by atoms with Crippen LogP contribution in [0.25, 0.3) is 0 Å². The van der Waals surface area contributed by atoms with Gasteiger partial charge in [-0.3, -0.25) is 14.8 Å². The summed E-state index contributed by atoms with van der Waals surface area (Å²) < 4.78 is 13.0. The second-order valence-electron chi connectivity index (χ2n) is 6.32. The molecule has 1 fully saturated rings. The molecular formula is C17H22FN5O. The summed E-state index contributed by atoms with van der Waals surface area (Å²) in [5.41, 5.74) is 0.981. The van der Waals surface area contributed by atoms with E-state index < -0.39 is 0 Å². The van der Waals surface area contributed by atoms with Gasteiger partial charge in [-0.25, -0.2) is 9.37 Å². The second kappa shape index (κ2) is 7.09. The molecule has 1 amide bonds. The third-order valence-corrected chi connectivity index (χ3v) is 4.26. The number of carbonyl (C=O) groups is 1. The van der Waals surface area contributed by atoms with E-state index in [1.165, 1.54) is 12.1 Å². The Morgan fingerprint density at radius 1 is 1.42 bits per heavy atom.